The van der Waals surface area contributed by atoms with E-state index in [4.69, 9.17) is 0 Å². The summed E-state index contributed by atoms with van der Waals surface area (Å²) < 4.78 is 1.86. The first-order valence-electron chi connectivity index (χ1n) is 3.69. The fourth-order valence-electron chi connectivity index (χ4n) is 1.15. The van der Waals surface area contributed by atoms with E-state index in [-0.39, 0.29) is 0 Å². The molecule has 0 aliphatic heterocycles. The zero-order chi connectivity index (χ0) is 7.68. The molecule has 2 aromatic rings. The molecule has 0 N–H and O–H groups in total. The lowest BCUT2D eigenvalue weighted by atomic mass is 10.3. The third-order valence-corrected chi connectivity index (χ3v) is 1.73. The van der Waals surface area contributed by atoms with Crippen LogP contribution in [0.4, 0.5) is 0 Å². The van der Waals surface area contributed by atoms with Crippen LogP contribution in [0.25, 0.3) is 5.65 Å². The fourth-order valence-corrected chi connectivity index (χ4v) is 1.15. The molecule has 0 saturated carbocycles. The summed E-state index contributed by atoms with van der Waals surface area (Å²) in [6.07, 6.45) is 4.57. The summed E-state index contributed by atoms with van der Waals surface area (Å²) >= 11 is 0. The van der Waals surface area contributed by atoms with E-state index in [9.17, 15) is 0 Å². The first-order valence-corrected chi connectivity index (χ1v) is 3.69. The molecule has 0 spiro atoms. The summed E-state index contributed by atoms with van der Waals surface area (Å²) in [4.78, 5) is 4.15. The monoisotopic (exact) mass is 147 g/mol. The molecular formula is C8H9N3. The van der Waals surface area contributed by atoms with Crippen LogP contribution in [0.2, 0.25) is 0 Å². The van der Waals surface area contributed by atoms with Gasteiger partial charge in [-0.2, -0.15) is 5.10 Å². The molecule has 3 nitrogen and oxygen atoms in total. The fraction of sp³-hybridized carbons (Fsp3) is 0.250. The van der Waals surface area contributed by atoms with Gasteiger partial charge in [0.1, 0.15) is 0 Å². The van der Waals surface area contributed by atoms with Gasteiger partial charge in [0, 0.05) is 18.0 Å². The zero-order valence-electron chi connectivity index (χ0n) is 6.36. The number of aromatic nitrogens is 3. The van der Waals surface area contributed by atoms with Crippen LogP contribution < -0.4 is 0 Å². The standard InChI is InChI=1S/C8H9N3/c1-2-7-3-5-9-8-4-6-10-11(7)8/h3-6H,2H2,1H3. The highest BCUT2D eigenvalue weighted by molar-refractivity contribution is 5.36. The van der Waals surface area contributed by atoms with E-state index in [2.05, 4.69) is 17.0 Å². The molecule has 2 aromatic heterocycles. The number of hydrogen-bond acceptors (Lipinski definition) is 2. The van der Waals surface area contributed by atoms with Crippen molar-refractivity contribution in [3.05, 3.63) is 30.2 Å². The van der Waals surface area contributed by atoms with E-state index < -0.39 is 0 Å². The van der Waals surface area contributed by atoms with Gasteiger partial charge in [0.25, 0.3) is 0 Å². The van der Waals surface area contributed by atoms with E-state index in [0.717, 1.165) is 12.1 Å². The third kappa shape index (κ3) is 0.888. The van der Waals surface area contributed by atoms with E-state index in [1.54, 1.807) is 6.20 Å². The van der Waals surface area contributed by atoms with Crippen LogP contribution in [0.15, 0.2) is 24.5 Å². The number of aryl methyl sites for hydroxylation is 1. The highest BCUT2D eigenvalue weighted by Gasteiger charge is 1.97. The molecule has 0 aliphatic carbocycles. The minimum atomic E-state index is 0.921. The molecule has 0 unspecified atom stereocenters. The maximum atomic E-state index is 4.15. The average molecular weight is 147 g/mol. The van der Waals surface area contributed by atoms with Crippen molar-refractivity contribution in [2.75, 3.05) is 0 Å². The summed E-state index contributed by atoms with van der Waals surface area (Å²) in [6, 6.07) is 3.89. The molecule has 0 bridgehead atoms. The normalized spacial score (nSPS) is 10.6. The predicted molar refractivity (Wildman–Crippen MR) is 42.4 cm³/mol. The Kier molecular flexibility index (Phi) is 1.35. The Bertz CT molecular complexity index is 364. The molecule has 0 aromatic carbocycles. The molecule has 0 radical (unpaired) electrons. The van der Waals surface area contributed by atoms with Crippen molar-refractivity contribution >= 4 is 5.65 Å². The Morgan fingerprint density at radius 3 is 3.09 bits per heavy atom. The molecule has 0 saturated heterocycles. The van der Waals surface area contributed by atoms with E-state index >= 15 is 0 Å². The van der Waals surface area contributed by atoms with Crippen molar-refractivity contribution in [3.63, 3.8) is 0 Å². The lowest BCUT2D eigenvalue weighted by molar-refractivity contribution is 0.849. The van der Waals surface area contributed by atoms with Crippen LogP contribution in [0.5, 0.6) is 0 Å². The van der Waals surface area contributed by atoms with Crippen molar-refractivity contribution in [1.29, 1.82) is 0 Å². The van der Waals surface area contributed by atoms with Crippen molar-refractivity contribution in [3.8, 4) is 0 Å². The van der Waals surface area contributed by atoms with E-state index in [1.807, 2.05) is 22.8 Å². The topological polar surface area (TPSA) is 30.2 Å². The molecule has 56 valence electrons. The smallest absolute Gasteiger partial charge is 0.155 e. The van der Waals surface area contributed by atoms with Crippen molar-refractivity contribution in [2.45, 2.75) is 13.3 Å². The van der Waals surface area contributed by atoms with Gasteiger partial charge in [-0.3, -0.25) is 0 Å². The summed E-state index contributed by atoms with van der Waals surface area (Å²) in [6.45, 7) is 2.11. The Morgan fingerprint density at radius 1 is 1.36 bits per heavy atom. The van der Waals surface area contributed by atoms with Crippen LogP contribution in [0, 0.1) is 0 Å². The molecule has 0 atom stereocenters. The first kappa shape index (κ1) is 6.34. The molecule has 2 rings (SSSR count). The number of fused-ring (bicyclic) bond motifs is 1. The summed E-state index contributed by atoms with van der Waals surface area (Å²) in [5.41, 5.74) is 2.12. The second-order valence-electron chi connectivity index (χ2n) is 2.39. The molecule has 11 heavy (non-hydrogen) atoms. The van der Waals surface area contributed by atoms with Gasteiger partial charge in [0.05, 0.1) is 6.20 Å². The second-order valence-corrected chi connectivity index (χ2v) is 2.39. The van der Waals surface area contributed by atoms with Crippen molar-refractivity contribution in [1.82, 2.24) is 14.6 Å². The summed E-state index contributed by atoms with van der Waals surface area (Å²) in [5.74, 6) is 0. The molecular weight excluding hydrogens is 138 g/mol. The van der Waals surface area contributed by atoms with Crippen LogP contribution in [-0.4, -0.2) is 14.6 Å². The lowest BCUT2D eigenvalue weighted by Gasteiger charge is -1.98. The van der Waals surface area contributed by atoms with Crippen LogP contribution in [0.1, 0.15) is 12.6 Å². The molecule has 2 heterocycles. The largest absolute Gasteiger partial charge is 0.237 e. The molecule has 3 heteroatoms. The maximum absolute atomic E-state index is 4.15. The lowest BCUT2D eigenvalue weighted by Crippen LogP contribution is -1.97. The minimum Gasteiger partial charge on any atom is -0.237 e. The van der Waals surface area contributed by atoms with Gasteiger partial charge in [0.15, 0.2) is 5.65 Å². The average Bonchev–Trinajstić information content (AvgIpc) is 2.50. The Labute approximate surface area is 64.7 Å². The highest BCUT2D eigenvalue weighted by atomic mass is 15.2. The van der Waals surface area contributed by atoms with Gasteiger partial charge >= 0.3 is 0 Å². The maximum Gasteiger partial charge on any atom is 0.155 e. The highest BCUT2D eigenvalue weighted by Crippen LogP contribution is 2.02. The second kappa shape index (κ2) is 2.34. The Balaban J connectivity index is 2.79. The number of hydrogen-bond donors (Lipinski definition) is 0. The van der Waals surface area contributed by atoms with Gasteiger partial charge in [-0.1, -0.05) is 6.92 Å². The quantitative estimate of drug-likeness (QED) is 0.608. The van der Waals surface area contributed by atoms with Gasteiger partial charge in [0.2, 0.25) is 0 Å². The first-order chi connectivity index (χ1) is 5.42. The van der Waals surface area contributed by atoms with Crippen molar-refractivity contribution < 1.29 is 0 Å². The van der Waals surface area contributed by atoms with Gasteiger partial charge in [-0.05, 0) is 12.5 Å². The molecule has 0 fully saturated rings. The van der Waals surface area contributed by atoms with Crippen LogP contribution >= 0.6 is 0 Å². The van der Waals surface area contributed by atoms with Gasteiger partial charge in [-0.25, -0.2) is 9.50 Å². The zero-order valence-corrected chi connectivity index (χ0v) is 6.36. The van der Waals surface area contributed by atoms with Gasteiger partial charge in [-0.15, -0.1) is 0 Å². The number of rotatable bonds is 1. The SMILES string of the molecule is CCc1ccnc2ccnn12. The minimum absolute atomic E-state index is 0.921. The summed E-state index contributed by atoms with van der Waals surface area (Å²) in [5, 5.41) is 4.14. The van der Waals surface area contributed by atoms with E-state index in [1.165, 1.54) is 5.69 Å². The van der Waals surface area contributed by atoms with Crippen molar-refractivity contribution in [2.24, 2.45) is 0 Å². The molecule has 0 aliphatic rings. The number of nitrogens with zero attached hydrogens (tertiary/aromatic N) is 3. The van der Waals surface area contributed by atoms with Crippen LogP contribution in [-0.2, 0) is 6.42 Å². The third-order valence-electron chi connectivity index (χ3n) is 1.73. The van der Waals surface area contributed by atoms with E-state index in [0.29, 0.717) is 0 Å². The molecule has 0 amide bonds. The van der Waals surface area contributed by atoms with Crippen LogP contribution in [0.3, 0.4) is 0 Å². The summed E-state index contributed by atoms with van der Waals surface area (Å²) in [7, 11) is 0. The van der Waals surface area contributed by atoms with Gasteiger partial charge < -0.3 is 0 Å². The Hall–Kier alpha value is -1.38. The Morgan fingerprint density at radius 2 is 2.27 bits per heavy atom. The predicted octanol–water partition coefficient (Wildman–Crippen LogP) is 1.29.